The van der Waals surface area contributed by atoms with Gasteiger partial charge in [0.1, 0.15) is 0 Å². The first-order valence-electron chi connectivity index (χ1n) is 8.18. The van der Waals surface area contributed by atoms with Gasteiger partial charge in [-0.25, -0.2) is 4.79 Å². The van der Waals surface area contributed by atoms with Crippen molar-refractivity contribution in [1.82, 2.24) is 9.80 Å². The van der Waals surface area contributed by atoms with E-state index in [-0.39, 0.29) is 17.0 Å². The van der Waals surface area contributed by atoms with Crippen molar-refractivity contribution in [1.29, 1.82) is 0 Å². The number of benzene rings is 1. The van der Waals surface area contributed by atoms with Crippen LogP contribution in [-0.4, -0.2) is 58.5 Å². The minimum atomic E-state index is -0.947. The number of carbonyl (C=O) groups excluding carboxylic acids is 1. The van der Waals surface area contributed by atoms with E-state index >= 15 is 0 Å². The van der Waals surface area contributed by atoms with Crippen LogP contribution in [0, 0.1) is 0 Å². The zero-order chi connectivity index (χ0) is 17.0. The zero-order valence-corrected chi connectivity index (χ0v) is 14.2. The summed E-state index contributed by atoms with van der Waals surface area (Å²) in [4.78, 5) is 27.6. The van der Waals surface area contributed by atoms with Crippen LogP contribution in [0.2, 0.25) is 0 Å². The summed E-state index contributed by atoms with van der Waals surface area (Å²) in [6, 6.07) is 6.54. The van der Waals surface area contributed by atoms with Crippen LogP contribution in [0.5, 0.6) is 0 Å². The Morgan fingerprint density at radius 3 is 2.13 bits per heavy atom. The van der Waals surface area contributed by atoms with Crippen LogP contribution >= 0.6 is 0 Å². The Bertz CT molecular complexity index is 558. The van der Waals surface area contributed by atoms with Crippen molar-refractivity contribution in [3.63, 3.8) is 0 Å². The molecule has 1 aromatic carbocycles. The fraction of sp³-hybridized carbons (Fsp3) is 0.556. The average Bonchev–Trinajstić information content (AvgIpc) is 2.55. The van der Waals surface area contributed by atoms with E-state index < -0.39 is 5.97 Å². The second kappa shape index (κ2) is 7.13. The van der Waals surface area contributed by atoms with Crippen LogP contribution in [0.4, 0.5) is 0 Å². The molecule has 1 fully saturated rings. The van der Waals surface area contributed by atoms with Crippen molar-refractivity contribution in [2.75, 3.05) is 26.2 Å². The summed E-state index contributed by atoms with van der Waals surface area (Å²) < 4.78 is 0. The molecule has 0 aliphatic carbocycles. The van der Waals surface area contributed by atoms with Gasteiger partial charge in [0, 0.05) is 31.7 Å². The summed E-state index contributed by atoms with van der Waals surface area (Å²) in [5.41, 5.74) is 1.29. The fourth-order valence-corrected chi connectivity index (χ4v) is 2.84. The first kappa shape index (κ1) is 17.5. The minimum Gasteiger partial charge on any atom is -0.478 e. The molecule has 1 aromatic rings. The fourth-order valence-electron chi connectivity index (χ4n) is 2.84. The van der Waals surface area contributed by atoms with Crippen molar-refractivity contribution >= 4 is 11.9 Å². The highest BCUT2D eigenvalue weighted by molar-refractivity contribution is 5.87. The molecular weight excluding hydrogens is 292 g/mol. The Kier molecular flexibility index (Phi) is 5.42. The van der Waals surface area contributed by atoms with Gasteiger partial charge in [-0.05, 0) is 38.0 Å². The van der Waals surface area contributed by atoms with Crippen molar-refractivity contribution < 1.29 is 14.7 Å². The standard InChI is InChI=1S/C18H26N2O3/c1-4-18(2,3)20-11-9-19(10-12-20)16(21)13-14-5-7-15(8-6-14)17(22)23/h5-8H,4,9-13H2,1-3H3,(H,22,23). The quantitative estimate of drug-likeness (QED) is 0.904. The van der Waals surface area contributed by atoms with Crippen LogP contribution in [-0.2, 0) is 11.2 Å². The molecule has 5 heteroatoms. The van der Waals surface area contributed by atoms with Crippen molar-refractivity contribution in [3.05, 3.63) is 35.4 Å². The van der Waals surface area contributed by atoms with Gasteiger partial charge in [0.15, 0.2) is 0 Å². The lowest BCUT2D eigenvalue weighted by Crippen LogP contribution is -2.55. The van der Waals surface area contributed by atoms with E-state index in [1.165, 1.54) is 0 Å². The molecule has 1 saturated heterocycles. The maximum atomic E-state index is 12.4. The molecule has 0 bridgehead atoms. The number of carboxylic acids is 1. The number of amides is 1. The summed E-state index contributed by atoms with van der Waals surface area (Å²) >= 11 is 0. The summed E-state index contributed by atoms with van der Waals surface area (Å²) in [5.74, 6) is -0.834. The summed E-state index contributed by atoms with van der Waals surface area (Å²) in [6.45, 7) is 10.0. The highest BCUT2D eigenvalue weighted by Gasteiger charge is 2.29. The normalized spacial score (nSPS) is 16.4. The molecule has 1 aliphatic rings. The number of piperazine rings is 1. The minimum absolute atomic E-state index is 0.113. The van der Waals surface area contributed by atoms with Crippen LogP contribution in [0.3, 0.4) is 0 Å². The number of nitrogens with zero attached hydrogens (tertiary/aromatic N) is 2. The number of carbonyl (C=O) groups is 2. The highest BCUT2D eigenvalue weighted by Crippen LogP contribution is 2.20. The third-order valence-corrected chi connectivity index (χ3v) is 4.91. The first-order valence-corrected chi connectivity index (χ1v) is 8.18. The van der Waals surface area contributed by atoms with Crippen molar-refractivity contribution in [2.24, 2.45) is 0 Å². The molecule has 0 radical (unpaired) electrons. The van der Waals surface area contributed by atoms with Crippen molar-refractivity contribution in [3.8, 4) is 0 Å². The van der Waals surface area contributed by atoms with E-state index in [0.29, 0.717) is 6.42 Å². The average molecular weight is 318 g/mol. The van der Waals surface area contributed by atoms with E-state index in [1.807, 2.05) is 4.90 Å². The predicted molar refractivity (Wildman–Crippen MR) is 89.6 cm³/mol. The van der Waals surface area contributed by atoms with Gasteiger partial charge in [0.05, 0.1) is 12.0 Å². The van der Waals surface area contributed by atoms with Gasteiger partial charge in [-0.3, -0.25) is 9.69 Å². The number of hydrogen-bond acceptors (Lipinski definition) is 3. The molecular formula is C18H26N2O3. The Hall–Kier alpha value is -1.88. The zero-order valence-electron chi connectivity index (χ0n) is 14.2. The Morgan fingerprint density at radius 1 is 1.09 bits per heavy atom. The number of carboxylic acid groups (broad SMARTS) is 1. The molecule has 0 saturated carbocycles. The number of rotatable bonds is 5. The molecule has 0 spiro atoms. The van der Waals surface area contributed by atoms with Gasteiger partial charge in [0.25, 0.3) is 0 Å². The maximum Gasteiger partial charge on any atom is 0.335 e. The van der Waals surface area contributed by atoms with Gasteiger partial charge < -0.3 is 10.0 Å². The maximum absolute atomic E-state index is 12.4. The molecule has 0 aromatic heterocycles. The van der Waals surface area contributed by atoms with E-state index in [2.05, 4.69) is 25.7 Å². The molecule has 1 N–H and O–H groups in total. The summed E-state index contributed by atoms with van der Waals surface area (Å²) in [6.07, 6.45) is 1.42. The second-order valence-electron chi connectivity index (χ2n) is 6.71. The largest absolute Gasteiger partial charge is 0.478 e. The smallest absolute Gasteiger partial charge is 0.335 e. The predicted octanol–water partition coefficient (Wildman–Crippen LogP) is 2.26. The lowest BCUT2D eigenvalue weighted by molar-refractivity contribution is -0.133. The molecule has 1 amide bonds. The summed E-state index contributed by atoms with van der Waals surface area (Å²) in [5, 5.41) is 8.89. The monoisotopic (exact) mass is 318 g/mol. The SMILES string of the molecule is CCC(C)(C)N1CCN(C(=O)Cc2ccc(C(=O)O)cc2)CC1. The van der Waals surface area contributed by atoms with Crippen LogP contribution in [0.15, 0.2) is 24.3 Å². The number of aromatic carboxylic acids is 1. The first-order chi connectivity index (χ1) is 10.8. The molecule has 23 heavy (non-hydrogen) atoms. The lowest BCUT2D eigenvalue weighted by atomic mass is 9.98. The van der Waals surface area contributed by atoms with Crippen molar-refractivity contribution in [2.45, 2.75) is 39.2 Å². The molecule has 126 valence electrons. The van der Waals surface area contributed by atoms with Gasteiger partial charge in [-0.1, -0.05) is 19.1 Å². The number of hydrogen-bond donors (Lipinski definition) is 1. The molecule has 0 unspecified atom stereocenters. The van der Waals surface area contributed by atoms with Gasteiger partial charge in [-0.15, -0.1) is 0 Å². The Labute approximate surface area is 137 Å². The van der Waals surface area contributed by atoms with E-state index in [9.17, 15) is 9.59 Å². The topological polar surface area (TPSA) is 60.9 Å². The van der Waals surface area contributed by atoms with Crippen LogP contribution < -0.4 is 0 Å². The van der Waals surface area contributed by atoms with Gasteiger partial charge >= 0.3 is 5.97 Å². The lowest BCUT2D eigenvalue weighted by Gasteiger charge is -2.43. The molecule has 2 rings (SSSR count). The Morgan fingerprint density at radius 2 is 1.65 bits per heavy atom. The third kappa shape index (κ3) is 4.32. The van der Waals surface area contributed by atoms with Crippen LogP contribution in [0.25, 0.3) is 0 Å². The van der Waals surface area contributed by atoms with E-state index in [1.54, 1.807) is 24.3 Å². The molecule has 1 heterocycles. The van der Waals surface area contributed by atoms with Crippen LogP contribution in [0.1, 0.15) is 43.1 Å². The third-order valence-electron chi connectivity index (χ3n) is 4.91. The van der Waals surface area contributed by atoms with Gasteiger partial charge in [-0.2, -0.15) is 0 Å². The summed E-state index contributed by atoms with van der Waals surface area (Å²) in [7, 11) is 0. The molecule has 5 nitrogen and oxygen atoms in total. The second-order valence-corrected chi connectivity index (χ2v) is 6.71. The van der Waals surface area contributed by atoms with E-state index in [4.69, 9.17) is 5.11 Å². The Balaban J connectivity index is 1.89. The molecule has 0 atom stereocenters. The highest BCUT2D eigenvalue weighted by atomic mass is 16.4. The van der Waals surface area contributed by atoms with E-state index in [0.717, 1.165) is 38.2 Å². The van der Waals surface area contributed by atoms with Gasteiger partial charge in [0.2, 0.25) is 5.91 Å². The molecule has 1 aliphatic heterocycles.